The van der Waals surface area contributed by atoms with Crippen LogP contribution in [-0.2, 0) is 16.0 Å². The number of carbonyl (C=O) groups is 1. The number of esters is 1. The molecule has 0 amide bonds. The van der Waals surface area contributed by atoms with Gasteiger partial charge in [-0.3, -0.25) is 4.79 Å². The summed E-state index contributed by atoms with van der Waals surface area (Å²) in [5.41, 5.74) is 1.38. The quantitative estimate of drug-likeness (QED) is 0.576. The van der Waals surface area contributed by atoms with Crippen molar-refractivity contribution in [1.82, 2.24) is 0 Å². The monoisotopic (exact) mass is 402 g/mol. The van der Waals surface area contributed by atoms with Crippen molar-refractivity contribution in [3.63, 3.8) is 0 Å². The zero-order chi connectivity index (χ0) is 21.1. The molecule has 2 aromatic carbocycles. The van der Waals surface area contributed by atoms with E-state index < -0.39 is 23.6 Å². The normalized spacial score (nSPS) is 16.8. The Balaban J connectivity index is 1.76. The third-order valence-electron chi connectivity index (χ3n) is 5.80. The summed E-state index contributed by atoms with van der Waals surface area (Å²) in [5.74, 6) is -2.02. The highest BCUT2D eigenvalue weighted by molar-refractivity contribution is 5.73. The predicted molar refractivity (Wildman–Crippen MR) is 106 cm³/mol. The van der Waals surface area contributed by atoms with E-state index in [0.717, 1.165) is 12.8 Å². The van der Waals surface area contributed by atoms with Crippen LogP contribution in [0, 0.1) is 17.7 Å². The van der Waals surface area contributed by atoms with E-state index in [9.17, 15) is 20.1 Å². The smallest absolute Gasteiger partial charge is 0.309 e. The molecule has 0 aliphatic heterocycles. The molecule has 1 aliphatic carbocycles. The van der Waals surface area contributed by atoms with Crippen molar-refractivity contribution in [3.8, 4) is 11.5 Å². The summed E-state index contributed by atoms with van der Waals surface area (Å²) in [7, 11) is 1.32. The highest BCUT2D eigenvalue weighted by atomic mass is 19.1. The molecule has 3 atom stereocenters. The lowest BCUT2D eigenvalue weighted by Gasteiger charge is -2.24. The first kappa shape index (κ1) is 21.1. The maximum Gasteiger partial charge on any atom is 0.309 e. The predicted octanol–water partition coefficient (Wildman–Crippen LogP) is 4.21. The number of phenols is 2. The summed E-state index contributed by atoms with van der Waals surface area (Å²) < 4.78 is 19.9. The van der Waals surface area contributed by atoms with Crippen LogP contribution in [0.4, 0.5) is 4.39 Å². The minimum Gasteiger partial charge on any atom is -0.508 e. The molecule has 0 spiro atoms. The Hall–Kier alpha value is -2.60. The number of benzene rings is 2. The Bertz CT molecular complexity index is 860. The fourth-order valence-corrected chi connectivity index (χ4v) is 3.95. The van der Waals surface area contributed by atoms with Crippen LogP contribution in [0.5, 0.6) is 11.5 Å². The van der Waals surface area contributed by atoms with E-state index in [0.29, 0.717) is 23.1 Å². The van der Waals surface area contributed by atoms with Gasteiger partial charge in [-0.25, -0.2) is 4.39 Å². The van der Waals surface area contributed by atoms with Crippen LogP contribution in [0.2, 0.25) is 0 Å². The van der Waals surface area contributed by atoms with Crippen molar-refractivity contribution in [2.24, 2.45) is 11.8 Å². The summed E-state index contributed by atoms with van der Waals surface area (Å²) in [6.45, 7) is 1.73. The molecule has 2 aromatic rings. The van der Waals surface area contributed by atoms with Gasteiger partial charge < -0.3 is 20.1 Å². The minimum atomic E-state index is -0.795. The molecule has 0 bridgehead atoms. The van der Waals surface area contributed by atoms with Gasteiger partial charge in [-0.1, -0.05) is 31.2 Å². The summed E-state index contributed by atoms with van der Waals surface area (Å²) in [6, 6.07) is 9.53. The first-order chi connectivity index (χ1) is 13.8. The first-order valence-electron chi connectivity index (χ1n) is 9.88. The van der Waals surface area contributed by atoms with Crippen LogP contribution in [0.3, 0.4) is 0 Å². The highest BCUT2D eigenvalue weighted by Gasteiger charge is 2.41. The van der Waals surface area contributed by atoms with Gasteiger partial charge in [0.05, 0.1) is 19.1 Å². The molecule has 156 valence electrons. The van der Waals surface area contributed by atoms with E-state index in [-0.39, 0.29) is 30.0 Å². The van der Waals surface area contributed by atoms with E-state index in [1.165, 1.54) is 19.2 Å². The number of ether oxygens (including phenoxy) is 1. The Morgan fingerprint density at radius 2 is 1.83 bits per heavy atom. The van der Waals surface area contributed by atoms with Crippen molar-refractivity contribution in [1.29, 1.82) is 0 Å². The lowest BCUT2D eigenvalue weighted by Crippen LogP contribution is -2.23. The maximum absolute atomic E-state index is 15.0. The number of aryl methyl sites for hydroxylation is 1. The van der Waals surface area contributed by atoms with E-state index >= 15 is 4.39 Å². The van der Waals surface area contributed by atoms with Gasteiger partial charge in [0.1, 0.15) is 5.75 Å². The standard InChI is InChI=1S/C23H27FO5/c1-13(23(28)29-2)20(15-3-4-15)18-11-7-16(22(27)21(18)24)8-12-19(26)14-5-9-17(25)10-6-14/h5-7,9-11,13,15,19-20,25-27H,3-4,8,12H2,1-2H3/t13-,19?,20-/m0/s1. The Morgan fingerprint density at radius 1 is 1.17 bits per heavy atom. The van der Waals surface area contributed by atoms with E-state index in [2.05, 4.69) is 0 Å². The van der Waals surface area contributed by atoms with Gasteiger partial charge in [-0.15, -0.1) is 0 Å². The van der Waals surface area contributed by atoms with E-state index in [4.69, 9.17) is 4.74 Å². The van der Waals surface area contributed by atoms with Gasteiger partial charge in [0, 0.05) is 5.92 Å². The number of carbonyl (C=O) groups excluding carboxylic acids is 1. The molecular weight excluding hydrogens is 375 g/mol. The molecule has 1 fully saturated rings. The van der Waals surface area contributed by atoms with Crippen molar-refractivity contribution >= 4 is 5.97 Å². The molecule has 6 heteroatoms. The number of hydrogen-bond donors (Lipinski definition) is 3. The molecule has 0 heterocycles. The largest absolute Gasteiger partial charge is 0.508 e. The average molecular weight is 402 g/mol. The fraction of sp³-hybridized carbons (Fsp3) is 0.435. The second-order valence-electron chi connectivity index (χ2n) is 7.80. The number of aliphatic hydroxyl groups is 1. The van der Waals surface area contributed by atoms with Crippen LogP contribution in [0.1, 0.15) is 54.9 Å². The molecule has 1 saturated carbocycles. The topological polar surface area (TPSA) is 87.0 Å². The SMILES string of the molecule is COC(=O)[C@@H](C)[C@H](c1ccc(CCC(O)c2ccc(O)cc2)c(O)c1F)C1CC1. The fourth-order valence-electron chi connectivity index (χ4n) is 3.95. The molecule has 5 nitrogen and oxygen atoms in total. The van der Waals surface area contributed by atoms with Gasteiger partial charge >= 0.3 is 5.97 Å². The highest BCUT2D eigenvalue weighted by Crippen LogP contribution is 2.48. The Morgan fingerprint density at radius 3 is 2.41 bits per heavy atom. The molecule has 29 heavy (non-hydrogen) atoms. The van der Waals surface area contributed by atoms with E-state index in [1.807, 2.05) is 0 Å². The van der Waals surface area contributed by atoms with Crippen LogP contribution in [0.25, 0.3) is 0 Å². The maximum atomic E-state index is 15.0. The lowest BCUT2D eigenvalue weighted by atomic mass is 9.82. The zero-order valence-electron chi connectivity index (χ0n) is 16.6. The minimum absolute atomic E-state index is 0.114. The number of aliphatic hydroxyl groups excluding tert-OH is 1. The van der Waals surface area contributed by atoms with Gasteiger partial charge in [-0.2, -0.15) is 0 Å². The number of halogens is 1. The van der Waals surface area contributed by atoms with Crippen LogP contribution < -0.4 is 0 Å². The molecule has 3 rings (SSSR count). The van der Waals surface area contributed by atoms with Gasteiger partial charge in [0.15, 0.2) is 11.6 Å². The lowest BCUT2D eigenvalue weighted by molar-refractivity contribution is -0.145. The number of aromatic hydroxyl groups is 2. The van der Waals surface area contributed by atoms with Crippen LogP contribution in [-0.4, -0.2) is 28.4 Å². The zero-order valence-corrected chi connectivity index (χ0v) is 16.6. The van der Waals surface area contributed by atoms with Crippen molar-refractivity contribution in [2.75, 3.05) is 7.11 Å². The number of hydrogen-bond acceptors (Lipinski definition) is 5. The second-order valence-corrected chi connectivity index (χ2v) is 7.80. The molecule has 3 N–H and O–H groups in total. The first-order valence-corrected chi connectivity index (χ1v) is 9.88. The molecule has 0 radical (unpaired) electrons. The molecule has 1 unspecified atom stereocenters. The molecule has 0 saturated heterocycles. The third-order valence-corrected chi connectivity index (χ3v) is 5.80. The Labute approximate surface area is 169 Å². The average Bonchev–Trinajstić information content (AvgIpc) is 3.55. The number of phenolic OH excluding ortho intramolecular Hbond substituents is 2. The summed E-state index contributed by atoms with van der Waals surface area (Å²) in [4.78, 5) is 12.0. The van der Waals surface area contributed by atoms with Gasteiger partial charge in [0.2, 0.25) is 0 Å². The van der Waals surface area contributed by atoms with Gasteiger partial charge in [0.25, 0.3) is 0 Å². The Kier molecular flexibility index (Phi) is 6.42. The van der Waals surface area contributed by atoms with Crippen molar-refractivity contribution < 1.29 is 29.2 Å². The summed E-state index contributed by atoms with van der Waals surface area (Å²) >= 11 is 0. The van der Waals surface area contributed by atoms with Gasteiger partial charge in [-0.05, 0) is 60.4 Å². The molecular formula is C23H27FO5. The van der Waals surface area contributed by atoms with Crippen molar-refractivity contribution in [2.45, 2.75) is 44.6 Å². The molecule has 1 aliphatic rings. The number of rotatable bonds is 8. The third kappa shape index (κ3) is 4.70. The van der Waals surface area contributed by atoms with Crippen LogP contribution in [0.15, 0.2) is 36.4 Å². The van der Waals surface area contributed by atoms with E-state index in [1.54, 1.807) is 31.2 Å². The van der Waals surface area contributed by atoms with Crippen LogP contribution >= 0.6 is 0 Å². The summed E-state index contributed by atoms with van der Waals surface area (Å²) in [6.07, 6.45) is 1.63. The summed E-state index contributed by atoms with van der Waals surface area (Å²) in [5, 5.41) is 30.1. The number of methoxy groups -OCH3 is 1. The molecule has 0 aromatic heterocycles. The second kappa shape index (κ2) is 8.82. The van der Waals surface area contributed by atoms with Crippen molar-refractivity contribution in [3.05, 3.63) is 58.9 Å².